The van der Waals surface area contributed by atoms with Gasteiger partial charge >= 0.3 is 0 Å². The van der Waals surface area contributed by atoms with E-state index < -0.39 is 0 Å². The lowest BCUT2D eigenvalue weighted by atomic mass is 10.4. The minimum absolute atomic E-state index is 0.0262. The molecule has 0 unspecified atom stereocenters. The maximum Gasteiger partial charge on any atom is 0.268 e. The van der Waals surface area contributed by atoms with Crippen LogP contribution in [0.2, 0.25) is 0 Å². The molecule has 4 nitrogen and oxygen atoms in total. The molecule has 1 heterocycles. The Balaban J connectivity index is 2.13. The Hall–Kier alpha value is -1.45. The highest BCUT2D eigenvalue weighted by Crippen LogP contribution is 2.19. The van der Waals surface area contributed by atoms with Crippen molar-refractivity contribution in [2.24, 2.45) is 7.05 Å². The molecule has 0 bridgehead atoms. The molecule has 1 amide bonds. The van der Waals surface area contributed by atoms with Gasteiger partial charge in [0.2, 0.25) is 0 Å². The molecule has 0 aliphatic heterocycles. The Kier molecular flexibility index (Phi) is 1.76. The number of amides is 1. The average molecular weight is 179 g/mol. The Morgan fingerprint density at radius 1 is 1.69 bits per heavy atom. The minimum atomic E-state index is -0.0262. The van der Waals surface area contributed by atoms with Gasteiger partial charge in [0.15, 0.2) is 0 Å². The molecule has 1 aliphatic rings. The number of nitrogens with one attached hydrogen (secondary N) is 1. The van der Waals surface area contributed by atoms with Gasteiger partial charge in [-0.2, -0.15) is 0 Å². The van der Waals surface area contributed by atoms with Crippen LogP contribution in [0.15, 0.2) is 12.3 Å². The van der Waals surface area contributed by atoms with E-state index in [9.17, 15) is 4.79 Å². The summed E-state index contributed by atoms with van der Waals surface area (Å²) < 4.78 is 1.74. The van der Waals surface area contributed by atoms with Crippen LogP contribution in [0.4, 0.5) is 5.69 Å². The average Bonchev–Trinajstić information content (AvgIpc) is 2.77. The van der Waals surface area contributed by atoms with E-state index >= 15 is 0 Å². The Morgan fingerprint density at radius 3 is 2.85 bits per heavy atom. The largest absolute Gasteiger partial charge is 0.397 e. The fourth-order valence-electron chi connectivity index (χ4n) is 1.30. The molecule has 1 fully saturated rings. The standard InChI is InChI=1S/C9H13N3O/c1-12-5-6(10)4-8(12)9(13)11-7-2-3-7/h4-5,7H,2-3,10H2,1H3,(H,11,13). The number of aryl methyl sites for hydroxylation is 1. The van der Waals surface area contributed by atoms with Crippen LogP contribution in [-0.4, -0.2) is 16.5 Å². The molecular weight excluding hydrogens is 166 g/mol. The molecule has 1 saturated carbocycles. The zero-order valence-electron chi connectivity index (χ0n) is 7.58. The molecule has 1 aliphatic carbocycles. The first-order chi connectivity index (χ1) is 6.16. The second kappa shape index (κ2) is 2.80. The molecular formula is C9H13N3O. The second-order valence-corrected chi connectivity index (χ2v) is 3.52. The van der Waals surface area contributed by atoms with Gasteiger partial charge in [0, 0.05) is 19.3 Å². The van der Waals surface area contributed by atoms with Gasteiger partial charge < -0.3 is 15.6 Å². The monoisotopic (exact) mass is 179 g/mol. The number of hydrogen-bond acceptors (Lipinski definition) is 2. The SMILES string of the molecule is Cn1cc(N)cc1C(=O)NC1CC1. The summed E-state index contributed by atoms with van der Waals surface area (Å²) in [5.41, 5.74) is 6.82. The maximum atomic E-state index is 11.5. The fraction of sp³-hybridized carbons (Fsp3) is 0.444. The van der Waals surface area contributed by atoms with Crippen molar-refractivity contribution in [1.82, 2.24) is 9.88 Å². The summed E-state index contributed by atoms with van der Waals surface area (Å²) in [5.74, 6) is -0.0262. The second-order valence-electron chi connectivity index (χ2n) is 3.52. The van der Waals surface area contributed by atoms with Crippen molar-refractivity contribution in [2.45, 2.75) is 18.9 Å². The molecule has 0 spiro atoms. The van der Waals surface area contributed by atoms with E-state index in [0.717, 1.165) is 12.8 Å². The highest BCUT2D eigenvalue weighted by molar-refractivity contribution is 5.94. The van der Waals surface area contributed by atoms with Crippen LogP contribution < -0.4 is 11.1 Å². The molecule has 1 aromatic rings. The summed E-state index contributed by atoms with van der Waals surface area (Å²) in [6.07, 6.45) is 3.94. The van der Waals surface area contributed by atoms with Gasteiger partial charge in [-0.25, -0.2) is 0 Å². The number of nitrogens with zero attached hydrogens (tertiary/aromatic N) is 1. The van der Waals surface area contributed by atoms with E-state index in [1.54, 1.807) is 16.8 Å². The molecule has 0 saturated heterocycles. The molecule has 1 aromatic heterocycles. The number of nitrogens with two attached hydrogens (primary N) is 1. The number of aromatic nitrogens is 1. The van der Waals surface area contributed by atoms with Crippen molar-refractivity contribution < 1.29 is 4.79 Å². The van der Waals surface area contributed by atoms with Crippen LogP contribution in [0.3, 0.4) is 0 Å². The predicted octanol–water partition coefficient (Wildman–Crippen LogP) is 0.499. The lowest BCUT2D eigenvalue weighted by molar-refractivity contribution is 0.0943. The van der Waals surface area contributed by atoms with E-state index in [0.29, 0.717) is 17.4 Å². The Morgan fingerprint density at radius 2 is 2.38 bits per heavy atom. The third-order valence-electron chi connectivity index (χ3n) is 2.17. The van der Waals surface area contributed by atoms with Gasteiger partial charge in [0.05, 0.1) is 5.69 Å². The summed E-state index contributed by atoms with van der Waals surface area (Å²) in [5, 5.41) is 2.91. The first kappa shape index (κ1) is 8.16. The number of carbonyl (C=O) groups is 1. The summed E-state index contributed by atoms with van der Waals surface area (Å²) in [6.45, 7) is 0. The molecule has 70 valence electrons. The molecule has 4 heteroatoms. The first-order valence-corrected chi connectivity index (χ1v) is 4.39. The third kappa shape index (κ3) is 1.66. The van der Waals surface area contributed by atoms with Crippen molar-refractivity contribution in [2.75, 3.05) is 5.73 Å². The molecule has 3 N–H and O–H groups in total. The summed E-state index contributed by atoms with van der Waals surface area (Å²) in [6, 6.07) is 2.08. The number of nitrogen functional groups attached to an aromatic ring is 1. The van der Waals surface area contributed by atoms with Gasteiger partial charge in [-0.1, -0.05) is 0 Å². The normalized spacial score (nSPS) is 15.8. The number of rotatable bonds is 2. The molecule has 2 rings (SSSR count). The fourth-order valence-corrected chi connectivity index (χ4v) is 1.30. The first-order valence-electron chi connectivity index (χ1n) is 4.39. The minimum Gasteiger partial charge on any atom is -0.397 e. The molecule has 13 heavy (non-hydrogen) atoms. The quantitative estimate of drug-likeness (QED) is 0.694. The van der Waals surface area contributed by atoms with E-state index in [1.165, 1.54) is 0 Å². The van der Waals surface area contributed by atoms with E-state index in [-0.39, 0.29) is 5.91 Å². The van der Waals surface area contributed by atoms with Crippen LogP contribution in [0.5, 0.6) is 0 Å². The lowest BCUT2D eigenvalue weighted by Crippen LogP contribution is -2.27. The molecule has 0 atom stereocenters. The van der Waals surface area contributed by atoms with Gasteiger partial charge in [0.25, 0.3) is 5.91 Å². The predicted molar refractivity (Wildman–Crippen MR) is 50.3 cm³/mol. The van der Waals surface area contributed by atoms with Crippen molar-refractivity contribution >= 4 is 11.6 Å². The van der Waals surface area contributed by atoms with Gasteiger partial charge in [-0.15, -0.1) is 0 Å². The zero-order chi connectivity index (χ0) is 9.42. The Bertz CT molecular complexity index is 339. The third-order valence-corrected chi connectivity index (χ3v) is 2.17. The van der Waals surface area contributed by atoms with Crippen molar-refractivity contribution in [3.8, 4) is 0 Å². The number of carbonyl (C=O) groups excluding carboxylic acids is 1. The van der Waals surface area contributed by atoms with Crippen LogP contribution in [0.1, 0.15) is 23.3 Å². The summed E-state index contributed by atoms with van der Waals surface area (Å²) in [7, 11) is 1.82. The highest BCUT2D eigenvalue weighted by atomic mass is 16.2. The van der Waals surface area contributed by atoms with Crippen molar-refractivity contribution in [3.63, 3.8) is 0 Å². The molecule has 0 aromatic carbocycles. The van der Waals surface area contributed by atoms with E-state index in [1.807, 2.05) is 7.05 Å². The molecule has 0 radical (unpaired) electrons. The smallest absolute Gasteiger partial charge is 0.268 e. The maximum absolute atomic E-state index is 11.5. The van der Waals surface area contributed by atoms with Gasteiger partial charge in [-0.3, -0.25) is 4.79 Å². The lowest BCUT2D eigenvalue weighted by Gasteiger charge is -2.03. The van der Waals surface area contributed by atoms with Crippen LogP contribution in [-0.2, 0) is 7.05 Å². The summed E-state index contributed by atoms with van der Waals surface area (Å²) >= 11 is 0. The zero-order valence-corrected chi connectivity index (χ0v) is 7.58. The van der Waals surface area contributed by atoms with Crippen LogP contribution in [0.25, 0.3) is 0 Å². The summed E-state index contributed by atoms with van der Waals surface area (Å²) in [4.78, 5) is 11.5. The highest BCUT2D eigenvalue weighted by Gasteiger charge is 2.24. The van der Waals surface area contributed by atoms with Crippen LogP contribution >= 0.6 is 0 Å². The van der Waals surface area contributed by atoms with Crippen molar-refractivity contribution in [1.29, 1.82) is 0 Å². The van der Waals surface area contributed by atoms with Crippen LogP contribution in [0, 0.1) is 0 Å². The van der Waals surface area contributed by atoms with E-state index in [2.05, 4.69) is 5.32 Å². The number of anilines is 1. The topological polar surface area (TPSA) is 60.0 Å². The van der Waals surface area contributed by atoms with Gasteiger partial charge in [0.1, 0.15) is 5.69 Å². The van der Waals surface area contributed by atoms with E-state index in [4.69, 9.17) is 5.73 Å². The number of hydrogen-bond donors (Lipinski definition) is 2. The van der Waals surface area contributed by atoms with Crippen molar-refractivity contribution in [3.05, 3.63) is 18.0 Å². The van der Waals surface area contributed by atoms with Gasteiger partial charge in [-0.05, 0) is 18.9 Å². The Labute approximate surface area is 76.7 Å².